The fraction of sp³-hybridized carbons (Fsp3) is 0.300. The van der Waals surface area contributed by atoms with Crippen molar-refractivity contribution in [2.75, 3.05) is 25.1 Å². The van der Waals surface area contributed by atoms with Crippen LogP contribution in [-0.4, -0.2) is 40.4 Å². The van der Waals surface area contributed by atoms with Crippen LogP contribution in [0.25, 0.3) is 11.0 Å². The Labute approximate surface area is 166 Å². The lowest BCUT2D eigenvalue weighted by molar-refractivity contribution is 0.297. The van der Waals surface area contributed by atoms with E-state index in [0.29, 0.717) is 43.0 Å². The highest BCUT2D eigenvalue weighted by atomic mass is 16.5. The predicted octanol–water partition coefficient (Wildman–Crippen LogP) is 2.59. The highest BCUT2D eigenvalue weighted by molar-refractivity contribution is 5.95. The molecule has 5 rings (SSSR count). The molecule has 3 heterocycles. The molecular formula is C20H21N5O4. The van der Waals surface area contributed by atoms with Crippen molar-refractivity contribution < 1.29 is 19.3 Å². The number of guanidine groups is 1. The lowest BCUT2D eigenvalue weighted by Crippen LogP contribution is -2.31. The fourth-order valence-corrected chi connectivity index (χ4v) is 3.61. The lowest BCUT2D eigenvalue weighted by atomic mass is 10.1. The third-order valence-electron chi connectivity index (χ3n) is 4.89. The first-order valence-electron chi connectivity index (χ1n) is 9.51. The highest BCUT2D eigenvalue weighted by Gasteiger charge is 2.27. The van der Waals surface area contributed by atoms with Gasteiger partial charge in [0.2, 0.25) is 5.95 Å². The summed E-state index contributed by atoms with van der Waals surface area (Å²) in [5.74, 6) is 2.67. The molecule has 0 radical (unpaired) electrons. The highest BCUT2D eigenvalue weighted by Crippen LogP contribution is 2.40. The van der Waals surface area contributed by atoms with Crippen molar-refractivity contribution >= 4 is 22.9 Å². The smallest absolute Gasteiger partial charge is 0.212 e. The molecule has 0 aliphatic carbocycles. The number of imidazole rings is 1. The van der Waals surface area contributed by atoms with Crippen molar-refractivity contribution in [3.05, 3.63) is 35.9 Å². The van der Waals surface area contributed by atoms with Gasteiger partial charge in [0, 0.05) is 24.1 Å². The Balaban J connectivity index is 1.67. The van der Waals surface area contributed by atoms with Gasteiger partial charge in [0.05, 0.1) is 30.9 Å². The predicted molar refractivity (Wildman–Crippen MR) is 108 cm³/mol. The molecule has 150 valence electrons. The number of phenols is 1. The molecule has 3 aromatic rings. The second-order valence-corrected chi connectivity index (χ2v) is 6.82. The molecule has 0 amide bonds. The number of phenolic OH excluding ortho intramolecular Hbond substituents is 1. The fourth-order valence-electron chi connectivity index (χ4n) is 3.61. The van der Waals surface area contributed by atoms with E-state index in [1.54, 1.807) is 18.2 Å². The summed E-state index contributed by atoms with van der Waals surface area (Å²) >= 11 is 0. The number of aromatic hydroxyl groups is 1. The first-order chi connectivity index (χ1) is 14.1. The zero-order valence-electron chi connectivity index (χ0n) is 15.9. The van der Waals surface area contributed by atoms with Crippen molar-refractivity contribution in [2.24, 2.45) is 10.7 Å². The first-order valence-corrected chi connectivity index (χ1v) is 9.51. The summed E-state index contributed by atoms with van der Waals surface area (Å²) in [6, 6.07) is 8.95. The Bertz CT molecular complexity index is 1120. The number of benzene rings is 2. The molecule has 0 unspecified atom stereocenters. The van der Waals surface area contributed by atoms with Crippen molar-refractivity contribution in [1.29, 1.82) is 0 Å². The second kappa shape index (κ2) is 6.77. The zero-order chi connectivity index (χ0) is 20.0. The maximum atomic E-state index is 10.1. The van der Waals surface area contributed by atoms with Gasteiger partial charge in [0.1, 0.15) is 0 Å². The summed E-state index contributed by atoms with van der Waals surface area (Å²) in [5, 5.41) is 13.1. The van der Waals surface area contributed by atoms with Gasteiger partial charge < -0.3 is 25.1 Å². The molecule has 0 spiro atoms. The molecular weight excluding hydrogens is 374 g/mol. The van der Waals surface area contributed by atoms with Crippen LogP contribution in [0, 0.1) is 0 Å². The van der Waals surface area contributed by atoms with Gasteiger partial charge in [0.15, 0.2) is 35.1 Å². The minimum Gasteiger partial charge on any atom is -0.504 e. The van der Waals surface area contributed by atoms with Gasteiger partial charge in [-0.25, -0.2) is 9.98 Å². The van der Waals surface area contributed by atoms with Gasteiger partial charge >= 0.3 is 0 Å². The average molecular weight is 395 g/mol. The van der Waals surface area contributed by atoms with Gasteiger partial charge in [-0.2, -0.15) is 0 Å². The SMILES string of the molecule is CCOc1cc([C@H]2N=C(N)Nc3nc4cc5c(cc4n32)OCCCO5)ccc1O. The molecule has 0 fully saturated rings. The minimum absolute atomic E-state index is 0.0769. The number of anilines is 1. The Morgan fingerprint density at radius 1 is 1.24 bits per heavy atom. The zero-order valence-corrected chi connectivity index (χ0v) is 15.9. The summed E-state index contributed by atoms with van der Waals surface area (Å²) in [4.78, 5) is 9.24. The number of aliphatic imine (C=N–C) groups is 1. The molecule has 0 saturated carbocycles. The standard InChI is InChI=1S/C20H21N5O4/c1-2-27-15-8-11(4-5-14(15)26)18-23-19(21)24-20-22-12-9-16-17(10-13(12)25(18)20)29-7-3-6-28-16/h4-5,8-10,18,26H,2-3,6-7H2,1H3,(H3,21,22,23,24)/t18-/m0/s1. The van der Waals surface area contributed by atoms with Crippen LogP contribution in [0.15, 0.2) is 35.3 Å². The minimum atomic E-state index is -0.471. The van der Waals surface area contributed by atoms with E-state index in [0.717, 1.165) is 23.0 Å². The summed E-state index contributed by atoms with van der Waals surface area (Å²) in [5.41, 5.74) is 8.42. The Hall–Kier alpha value is -3.62. The largest absolute Gasteiger partial charge is 0.504 e. The summed E-state index contributed by atoms with van der Waals surface area (Å²) in [7, 11) is 0. The maximum Gasteiger partial charge on any atom is 0.212 e. The van der Waals surface area contributed by atoms with E-state index in [1.807, 2.05) is 23.6 Å². The van der Waals surface area contributed by atoms with Crippen LogP contribution < -0.4 is 25.3 Å². The van der Waals surface area contributed by atoms with E-state index in [9.17, 15) is 5.11 Å². The van der Waals surface area contributed by atoms with E-state index < -0.39 is 6.17 Å². The van der Waals surface area contributed by atoms with E-state index in [1.165, 1.54) is 0 Å². The van der Waals surface area contributed by atoms with Crippen LogP contribution in [0.1, 0.15) is 25.1 Å². The number of nitrogens with one attached hydrogen (secondary N) is 1. The number of hydrogen-bond acceptors (Lipinski definition) is 8. The van der Waals surface area contributed by atoms with Crippen LogP contribution in [0.2, 0.25) is 0 Å². The van der Waals surface area contributed by atoms with Crippen LogP contribution in [0.3, 0.4) is 0 Å². The summed E-state index contributed by atoms with van der Waals surface area (Å²) < 4.78 is 19.1. The number of fused-ring (bicyclic) bond motifs is 4. The third kappa shape index (κ3) is 2.95. The van der Waals surface area contributed by atoms with Gasteiger partial charge in [-0.3, -0.25) is 9.88 Å². The number of ether oxygens (including phenoxy) is 3. The number of aromatic nitrogens is 2. The number of nitrogens with two attached hydrogens (primary N) is 1. The topological polar surface area (TPSA) is 116 Å². The molecule has 0 saturated heterocycles. The lowest BCUT2D eigenvalue weighted by Gasteiger charge is -2.24. The van der Waals surface area contributed by atoms with Gasteiger partial charge in [-0.05, 0) is 19.1 Å². The molecule has 9 heteroatoms. The monoisotopic (exact) mass is 395 g/mol. The van der Waals surface area contributed by atoms with Crippen molar-refractivity contribution in [3.63, 3.8) is 0 Å². The number of nitrogens with zero attached hydrogens (tertiary/aromatic N) is 3. The molecule has 2 aliphatic heterocycles. The Morgan fingerprint density at radius 2 is 2.03 bits per heavy atom. The molecule has 2 aromatic carbocycles. The van der Waals surface area contributed by atoms with Gasteiger partial charge in [-0.15, -0.1) is 0 Å². The van der Waals surface area contributed by atoms with E-state index in [2.05, 4.69) is 15.3 Å². The Morgan fingerprint density at radius 3 is 2.83 bits per heavy atom. The second-order valence-electron chi connectivity index (χ2n) is 6.82. The normalized spacial score (nSPS) is 17.8. The first kappa shape index (κ1) is 17.5. The molecule has 29 heavy (non-hydrogen) atoms. The van der Waals surface area contributed by atoms with Crippen LogP contribution >= 0.6 is 0 Å². The van der Waals surface area contributed by atoms with Crippen molar-refractivity contribution in [2.45, 2.75) is 19.5 Å². The quantitative estimate of drug-likeness (QED) is 0.624. The molecule has 2 aliphatic rings. The summed E-state index contributed by atoms with van der Waals surface area (Å²) in [6.07, 6.45) is 0.358. The van der Waals surface area contributed by atoms with E-state index >= 15 is 0 Å². The van der Waals surface area contributed by atoms with E-state index in [-0.39, 0.29) is 11.7 Å². The molecule has 0 bridgehead atoms. The molecule has 1 aromatic heterocycles. The molecule has 4 N–H and O–H groups in total. The van der Waals surface area contributed by atoms with E-state index in [4.69, 9.17) is 19.9 Å². The maximum absolute atomic E-state index is 10.1. The number of rotatable bonds is 3. The van der Waals surface area contributed by atoms with Crippen molar-refractivity contribution in [1.82, 2.24) is 9.55 Å². The Kier molecular flexibility index (Phi) is 4.08. The van der Waals surface area contributed by atoms with Gasteiger partial charge in [-0.1, -0.05) is 6.07 Å². The summed E-state index contributed by atoms with van der Waals surface area (Å²) in [6.45, 7) is 3.51. The third-order valence-corrected chi connectivity index (χ3v) is 4.89. The molecule has 1 atom stereocenters. The average Bonchev–Trinajstić information content (AvgIpc) is 2.89. The van der Waals surface area contributed by atoms with Crippen molar-refractivity contribution in [3.8, 4) is 23.0 Å². The van der Waals surface area contributed by atoms with Gasteiger partial charge in [0.25, 0.3) is 0 Å². The van der Waals surface area contributed by atoms with Crippen LogP contribution in [-0.2, 0) is 0 Å². The molecule has 9 nitrogen and oxygen atoms in total. The van der Waals surface area contributed by atoms with Crippen LogP contribution in [0.4, 0.5) is 5.95 Å². The number of hydrogen-bond donors (Lipinski definition) is 3. The van der Waals surface area contributed by atoms with Crippen LogP contribution in [0.5, 0.6) is 23.0 Å².